The summed E-state index contributed by atoms with van der Waals surface area (Å²) in [6.07, 6.45) is 5.00. The smallest absolute Gasteiger partial charge is 0.303 e. The Bertz CT molecular complexity index is 174. The summed E-state index contributed by atoms with van der Waals surface area (Å²) in [4.78, 5) is 12.7. The summed E-state index contributed by atoms with van der Waals surface area (Å²) in [5.41, 5.74) is 0. The highest BCUT2D eigenvalue weighted by Crippen LogP contribution is 2.19. The topological polar surface area (TPSA) is 40.5 Å². The molecule has 1 saturated heterocycles. The van der Waals surface area contributed by atoms with Crippen LogP contribution >= 0.6 is 0 Å². The van der Waals surface area contributed by atoms with E-state index in [0.29, 0.717) is 6.42 Å². The summed E-state index contributed by atoms with van der Waals surface area (Å²) in [7, 11) is 0. The van der Waals surface area contributed by atoms with Crippen LogP contribution < -0.4 is 0 Å². The number of nitrogens with zero attached hydrogens (tertiary/aromatic N) is 1. The maximum absolute atomic E-state index is 10.3. The van der Waals surface area contributed by atoms with E-state index >= 15 is 0 Å². The van der Waals surface area contributed by atoms with E-state index in [1.165, 1.54) is 19.3 Å². The molecule has 0 amide bonds. The molecule has 1 aliphatic heterocycles. The molecule has 3 heteroatoms. The van der Waals surface area contributed by atoms with Crippen molar-refractivity contribution in [1.29, 1.82) is 0 Å². The predicted molar refractivity (Wildman–Crippen MR) is 56.3 cm³/mol. The molecule has 0 saturated carbocycles. The maximum atomic E-state index is 10.3. The van der Waals surface area contributed by atoms with Gasteiger partial charge in [-0.2, -0.15) is 0 Å². The number of piperidine rings is 1. The summed E-state index contributed by atoms with van der Waals surface area (Å²) in [5, 5.41) is 8.50. The van der Waals surface area contributed by atoms with E-state index in [0.717, 1.165) is 32.0 Å². The molecular weight excluding hydrogens is 178 g/mol. The van der Waals surface area contributed by atoms with Gasteiger partial charge in [0.05, 0.1) is 0 Å². The van der Waals surface area contributed by atoms with Gasteiger partial charge in [0, 0.05) is 6.42 Å². The second kappa shape index (κ2) is 6.02. The molecule has 0 aromatic rings. The molecule has 82 valence electrons. The number of carboxylic acid groups (broad SMARTS) is 1. The molecule has 1 aliphatic rings. The van der Waals surface area contributed by atoms with Crippen molar-refractivity contribution in [2.75, 3.05) is 19.6 Å². The normalized spacial score (nSPS) is 19.8. The summed E-state index contributed by atoms with van der Waals surface area (Å²) >= 11 is 0. The van der Waals surface area contributed by atoms with Crippen molar-refractivity contribution in [2.45, 2.75) is 39.0 Å². The molecule has 0 atom stereocenters. The lowest BCUT2D eigenvalue weighted by molar-refractivity contribution is -0.137. The van der Waals surface area contributed by atoms with Crippen LogP contribution in [0.4, 0.5) is 0 Å². The molecule has 0 aromatic carbocycles. The number of likely N-dealkylation sites (tertiary alicyclic amines) is 1. The molecule has 3 nitrogen and oxygen atoms in total. The Kier molecular flexibility index (Phi) is 4.94. The van der Waals surface area contributed by atoms with Crippen LogP contribution in [0.1, 0.15) is 39.0 Å². The van der Waals surface area contributed by atoms with Crippen LogP contribution in [0.3, 0.4) is 0 Å². The zero-order valence-electron chi connectivity index (χ0n) is 9.04. The molecule has 1 fully saturated rings. The highest BCUT2D eigenvalue weighted by Gasteiger charge is 2.17. The van der Waals surface area contributed by atoms with E-state index in [9.17, 15) is 4.79 Å². The maximum Gasteiger partial charge on any atom is 0.303 e. The van der Waals surface area contributed by atoms with Crippen LogP contribution in [0.2, 0.25) is 0 Å². The van der Waals surface area contributed by atoms with Gasteiger partial charge in [0.1, 0.15) is 0 Å². The van der Waals surface area contributed by atoms with Gasteiger partial charge >= 0.3 is 5.97 Å². The standard InChI is InChI=1S/C11H21NO2/c1-2-10-5-8-12(9-6-10)7-3-4-11(13)14/h10H,2-9H2,1H3,(H,13,14). The van der Waals surface area contributed by atoms with Crippen LogP contribution in [0.5, 0.6) is 0 Å². The summed E-state index contributed by atoms with van der Waals surface area (Å²) in [6.45, 7) is 5.55. The molecule has 1 rings (SSSR count). The van der Waals surface area contributed by atoms with Crippen LogP contribution in [0.25, 0.3) is 0 Å². The highest BCUT2D eigenvalue weighted by molar-refractivity contribution is 5.66. The highest BCUT2D eigenvalue weighted by atomic mass is 16.4. The molecule has 1 heterocycles. The van der Waals surface area contributed by atoms with Gasteiger partial charge in [-0.3, -0.25) is 4.79 Å². The van der Waals surface area contributed by atoms with Crippen LogP contribution in [0, 0.1) is 5.92 Å². The Morgan fingerprint density at radius 1 is 1.43 bits per heavy atom. The van der Waals surface area contributed by atoms with E-state index < -0.39 is 5.97 Å². The lowest BCUT2D eigenvalue weighted by Crippen LogP contribution is -2.34. The third-order valence-electron chi connectivity index (χ3n) is 3.15. The summed E-state index contributed by atoms with van der Waals surface area (Å²) in [5.74, 6) is 0.235. The molecular formula is C11H21NO2. The average Bonchev–Trinajstić information content (AvgIpc) is 2.18. The van der Waals surface area contributed by atoms with Gasteiger partial charge in [-0.1, -0.05) is 13.3 Å². The Balaban J connectivity index is 2.07. The van der Waals surface area contributed by atoms with Crippen LogP contribution in [0.15, 0.2) is 0 Å². The fraction of sp³-hybridized carbons (Fsp3) is 0.909. The molecule has 0 unspecified atom stereocenters. The molecule has 0 bridgehead atoms. The largest absolute Gasteiger partial charge is 0.481 e. The average molecular weight is 199 g/mol. The number of carboxylic acids is 1. The fourth-order valence-corrected chi connectivity index (χ4v) is 2.07. The van der Waals surface area contributed by atoms with Crippen molar-refractivity contribution in [3.8, 4) is 0 Å². The van der Waals surface area contributed by atoms with Crippen molar-refractivity contribution in [3.63, 3.8) is 0 Å². The minimum Gasteiger partial charge on any atom is -0.481 e. The zero-order chi connectivity index (χ0) is 10.4. The van der Waals surface area contributed by atoms with Crippen molar-refractivity contribution >= 4 is 5.97 Å². The van der Waals surface area contributed by atoms with Crippen molar-refractivity contribution in [3.05, 3.63) is 0 Å². The van der Waals surface area contributed by atoms with Gasteiger partial charge in [0.2, 0.25) is 0 Å². The summed E-state index contributed by atoms with van der Waals surface area (Å²) < 4.78 is 0. The van der Waals surface area contributed by atoms with Gasteiger partial charge in [-0.15, -0.1) is 0 Å². The Morgan fingerprint density at radius 3 is 2.57 bits per heavy atom. The van der Waals surface area contributed by atoms with E-state index in [2.05, 4.69) is 11.8 Å². The van der Waals surface area contributed by atoms with Gasteiger partial charge in [-0.05, 0) is 44.8 Å². The number of aliphatic carboxylic acids is 1. The molecule has 1 N–H and O–H groups in total. The van der Waals surface area contributed by atoms with Crippen molar-refractivity contribution in [2.24, 2.45) is 5.92 Å². The molecule has 0 radical (unpaired) electrons. The quantitative estimate of drug-likeness (QED) is 0.736. The van der Waals surface area contributed by atoms with E-state index in [-0.39, 0.29) is 0 Å². The summed E-state index contributed by atoms with van der Waals surface area (Å²) in [6, 6.07) is 0. The van der Waals surface area contributed by atoms with Gasteiger partial charge in [0.15, 0.2) is 0 Å². The number of hydrogen-bond donors (Lipinski definition) is 1. The van der Waals surface area contributed by atoms with Gasteiger partial charge < -0.3 is 10.0 Å². The first-order chi connectivity index (χ1) is 6.72. The lowest BCUT2D eigenvalue weighted by Gasteiger charge is -2.31. The SMILES string of the molecule is CCC1CCN(CCCC(=O)O)CC1. The van der Waals surface area contributed by atoms with Crippen molar-refractivity contribution in [1.82, 2.24) is 4.90 Å². The Morgan fingerprint density at radius 2 is 2.07 bits per heavy atom. The minimum absolute atomic E-state index is 0.313. The third kappa shape index (κ3) is 4.09. The Hall–Kier alpha value is -0.570. The van der Waals surface area contributed by atoms with Crippen molar-refractivity contribution < 1.29 is 9.90 Å². The first-order valence-corrected chi connectivity index (χ1v) is 5.66. The van der Waals surface area contributed by atoms with Gasteiger partial charge in [0.25, 0.3) is 0 Å². The Labute approximate surface area is 86.1 Å². The molecule has 0 spiro atoms. The number of rotatable bonds is 5. The lowest BCUT2D eigenvalue weighted by atomic mass is 9.94. The predicted octanol–water partition coefficient (Wildman–Crippen LogP) is 1.97. The van der Waals surface area contributed by atoms with Gasteiger partial charge in [-0.25, -0.2) is 0 Å². The molecule has 14 heavy (non-hydrogen) atoms. The molecule has 0 aliphatic carbocycles. The second-order valence-corrected chi connectivity index (χ2v) is 4.19. The van der Waals surface area contributed by atoms with Crippen LogP contribution in [-0.2, 0) is 4.79 Å². The van der Waals surface area contributed by atoms with Crippen LogP contribution in [-0.4, -0.2) is 35.6 Å². The second-order valence-electron chi connectivity index (χ2n) is 4.19. The third-order valence-corrected chi connectivity index (χ3v) is 3.15. The first kappa shape index (κ1) is 11.5. The monoisotopic (exact) mass is 199 g/mol. The number of carbonyl (C=O) groups is 1. The number of hydrogen-bond acceptors (Lipinski definition) is 2. The van der Waals surface area contributed by atoms with E-state index in [1.807, 2.05) is 0 Å². The van der Waals surface area contributed by atoms with E-state index in [1.54, 1.807) is 0 Å². The minimum atomic E-state index is -0.673. The molecule has 0 aromatic heterocycles. The zero-order valence-corrected chi connectivity index (χ0v) is 9.04. The first-order valence-electron chi connectivity index (χ1n) is 5.66. The fourth-order valence-electron chi connectivity index (χ4n) is 2.07. The van der Waals surface area contributed by atoms with E-state index in [4.69, 9.17) is 5.11 Å².